The van der Waals surface area contributed by atoms with Crippen molar-refractivity contribution in [2.45, 2.75) is 18.2 Å². The van der Waals surface area contributed by atoms with Crippen molar-refractivity contribution in [1.82, 2.24) is 9.55 Å². The van der Waals surface area contributed by atoms with E-state index in [-0.39, 0.29) is 10.6 Å². The maximum atomic E-state index is 11.4. The molecule has 0 saturated carbocycles. The van der Waals surface area contributed by atoms with Crippen LogP contribution in [-0.2, 0) is 16.4 Å². The minimum Gasteiger partial charge on any atom is -0.396 e. The molecule has 0 saturated heterocycles. The number of hydrogen-bond acceptors (Lipinski definition) is 4. The van der Waals surface area contributed by atoms with Crippen molar-refractivity contribution in [3.8, 4) is 5.69 Å². The zero-order valence-corrected chi connectivity index (χ0v) is 10.7. The summed E-state index contributed by atoms with van der Waals surface area (Å²) < 4.78 is 24.6. The van der Waals surface area contributed by atoms with Gasteiger partial charge in [0, 0.05) is 18.8 Å². The molecule has 0 unspecified atom stereocenters. The summed E-state index contributed by atoms with van der Waals surface area (Å²) in [5, 5.41) is 5.12. The number of nitrogens with zero attached hydrogens (tertiary/aromatic N) is 2. The fourth-order valence-corrected chi connectivity index (χ4v) is 2.49. The van der Waals surface area contributed by atoms with Gasteiger partial charge in [0.1, 0.15) is 10.7 Å². The Kier molecular flexibility index (Phi) is 3.10. The van der Waals surface area contributed by atoms with E-state index in [1.807, 2.05) is 6.92 Å². The molecule has 0 bridgehead atoms. The quantitative estimate of drug-likeness (QED) is 0.796. The maximum absolute atomic E-state index is 11.4. The van der Waals surface area contributed by atoms with Crippen LogP contribution in [-0.4, -0.2) is 18.0 Å². The third-order valence-electron chi connectivity index (χ3n) is 2.64. The highest BCUT2D eigenvalue weighted by molar-refractivity contribution is 7.89. The molecule has 1 aromatic carbocycles. The Morgan fingerprint density at radius 3 is 2.72 bits per heavy atom. The van der Waals surface area contributed by atoms with E-state index >= 15 is 0 Å². The second-order valence-electron chi connectivity index (χ2n) is 3.80. The van der Waals surface area contributed by atoms with Gasteiger partial charge in [0.15, 0.2) is 0 Å². The van der Waals surface area contributed by atoms with Gasteiger partial charge in [-0.3, -0.25) is 0 Å². The van der Waals surface area contributed by atoms with E-state index < -0.39 is 10.0 Å². The van der Waals surface area contributed by atoms with E-state index in [2.05, 4.69) is 4.98 Å². The zero-order valence-electron chi connectivity index (χ0n) is 9.87. The van der Waals surface area contributed by atoms with Crippen LogP contribution < -0.4 is 10.9 Å². The van der Waals surface area contributed by atoms with Crippen LogP contribution in [0.5, 0.6) is 0 Å². The van der Waals surface area contributed by atoms with Crippen LogP contribution in [0, 0.1) is 0 Å². The first-order chi connectivity index (χ1) is 8.45. The van der Waals surface area contributed by atoms with Crippen LogP contribution in [0.4, 0.5) is 5.69 Å². The molecule has 0 amide bonds. The van der Waals surface area contributed by atoms with Gasteiger partial charge in [0.25, 0.3) is 0 Å². The number of sulfonamides is 1. The van der Waals surface area contributed by atoms with Gasteiger partial charge in [0.05, 0.1) is 11.4 Å². The van der Waals surface area contributed by atoms with E-state index in [0.29, 0.717) is 12.1 Å². The molecule has 6 nitrogen and oxygen atoms in total. The second kappa shape index (κ2) is 4.43. The van der Waals surface area contributed by atoms with Crippen molar-refractivity contribution in [2.75, 3.05) is 5.73 Å². The Hall–Kier alpha value is -1.86. The van der Waals surface area contributed by atoms with E-state index in [4.69, 9.17) is 10.9 Å². The minimum absolute atomic E-state index is 0.0734. The zero-order chi connectivity index (χ0) is 13.3. The normalized spacial score (nSPS) is 11.7. The molecule has 2 aromatic rings. The Balaban J connectivity index is 2.68. The third kappa shape index (κ3) is 2.09. The fourth-order valence-electron chi connectivity index (χ4n) is 1.81. The molecule has 4 N–H and O–H groups in total. The number of benzene rings is 1. The molecule has 0 spiro atoms. The molecule has 2 rings (SSSR count). The summed E-state index contributed by atoms with van der Waals surface area (Å²) in [5.41, 5.74) is 6.57. The number of nitrogen functional groups attached to an aromatic ring is 1. The highest BCUT2D eigenvalue weighted by Crippen LogP contribution is 2.25. The van der Waals surface area contributed by atoms with Crippen molar-refractivity contribution >= 4 is 15.7 Å². The molecule has 1 heterocycles. The molecule has 96 valence electrons. The average Bonchev–Trinajstić information content (AvgIpc) is 2.75. The molecule has 18 heavy (non-hydrogen) atoms. The molecule has 0 atom stereocenters. The molecule has 0 radical (unpaired) electrons. The molecule has 0 fully saturated rings. The summed E-state index contributed by atoms with van der Waals surface area (Å²) in [7, 11) is -3.83. The monoisotopic (exact) mass is 266 g/mol. The SMILES string of the molecule is CCc1nccn1-c1cccc(S(N)(=O)=O)c1N. The number of primary sulfonamides is 1. The Morgan fingerprint density at radius 1 is 1.39 bits per heavy atom. The highest BCUT2D eigenvalue weighted by atomic mass is 32.2. The standard InChI is InChI=1S/C11H14N4O2S/c1-2-10-14-6-7-15(10)8-4-3-5-9(11(8)12)18(13,16)17/h3-7H,2,12H2,1H3,(H2,13,16,17). The van der Waals surface area contributed by atoms with Crippen molar-refractivity contribution in [2.24, 2.45) is 5.14 Å². The van der Waals surface area contributed by atoms with E-state index in [1.54, 1.807) is 29.1 Å². The van der Waals surface area contributed by atoms with E-state index in [1.165, 1.54) is 6.07 Å². The third-order valence-corrected chi connectivity index (χ3v) is 3.61. The van der Waals surface area contributed by atoms with Crippen LogP contribution in [0.3, 0.4) is 0 Å². The summed E-state index contributed by atoms with van der Waals surface area (Å²) in [6.45, 7) is 1.96. The smallest absolute Gasteiger partial charge is 0.240 e. The number of aryl methyl sites for hydroxylation is 1. The number of para-hydroxylation sites is 1. The molecule has 0 aliphatic heterocycles. The van der Waals surface area contributed by atoms with Gasteiger partial charge in [-0.05, 0) is 12.1 Å². The first-order valence-electron chi connectivity index (χ1n) is 5.39. The van der Waals surface area contributed by atoms with Crippen molar-refractivity contribution in [3.63, 3.8) is 0 Å². The molecule has 1 aromatic heterocycles. The topological polar surface area (TPSA) is 104 Å². The van der Waals surface area contributed by atoms with Crippen LogP contribution in [0.1, 0.15) is 12.7 Å². The lowest BCUT2D eigenvalue weighted by molar-refractivity contribution is 0.598. The van der Waals surface area contributed by atoms with Crippen LogP contribution in [0.15, 0.2) is 35.5 Å². The Bertz CT molecular complexity index is 676. The lowest BCUT2D eigenvalue weighted by Crippen LogP contribution is -2.16. The van der Waals surface area contributed by atoms with Gasteiger partial charge >= 0.3 is 0 Å². The van der Waals surface area contributed by atoms with Gasteiger partial charge in [-0.1, -0.05) is 13.0 Å². The predicted octanol–water partition coefficient (Wildman–Crippen LogP) is 0.664. The molecule has 0 aliphatic carbocycles. The van der Waals surface area contributed by atoms with Gasteiger partial charge in [-0.25, -0.2) is 18.5 Å². The summed E-state index contributed by atoms with van der Waals surface area (Å²) in [6, 6.07) is 4.71. The Labute approximate surface area is 105 Å². The molecular weight excluding hydrogens is 252 g/mol. The average molecular weight is 266 g/mol. The summed E-state index contributed by atoms with van der Waals surface area (Å²) in [5.74, 6) is 0.799. The number of aromatic nitrogens is 2. The molecule has 7 heteroatoms. The van der Waals surface area contributed by atoms with Crippen molar-refractivity contribution < 1.29 is 8.42 Å². The second-order valence-corrected chi connectivity index (χ2v) is 5.33. The van der Waals surface area contributed by atoms with E-state index in [9.17, 15) is 8.42 Å². The van der Waals surface area contributed by atoms with Crippen molar-refractivity contribution in [3.05, 3.63) is 36.4 Å². The number of imidazole rings is 1. The summed E-state index contributed by atoms with van der Waals surface area (Å²) in [6.07, 6.45) is 4.09. The lowest BCUT2D eigenvalue weighted by atomic mass is 10.2. The van der Waals surface area contributed by atoms with Crippen LogP contribution >= 0.6 is 0 Å². The lowest BCUT2D eigenvalue weighted by Gasteiger charge is -2.12. The number of rotatable bonds is 3. The van der Waals surface area contributed by atoms with Gasteiger partial charge in [0.2, 0.25) is 10.0 Å². The number of nitrogens with two attached hydrogens (primary N) is 2. The van der Waals surface area contributed by atoms with Crippen LogP contribution in [0.25, 0.3) is 5.69 Å². The molecule has 0 aliphatic rings. The van der Waals surface area contributed by atoms with E-state index in [0.717, 1.165) is 5.82 Å². The summed E-state index contributed by atoms with van der Waals surface area (Å²) >= 11 is 0. The minimum atomic E-state index is -3.83. The first-order valence-corrected chi connectivity index (χ1v) is 6.93. The highest BCUT2D eigenvalue weighted by Gasteiger charge is 2.16. The summed E-state index contributed by atoms with van der Waals surface area (Å²) in [4.78, 5) is 4.10. The number of anilines is 1. The maximum Gasteiger partial charge on any atom is 0.240 e. The fraction of sp³-hybridized carbons (Fsp3) is 0.182. The van der Waals surface area contributed by atoms with Gasteiger partial charge < -0.3 is 10.3 Å². The first kappa shape index (κ1) is 12.6. The number of hydrogen-bond donors (Lipinski definition) is 2. The van der Waals surface area contributed by atoms with Crippen LogP contribution in [0.2, 0.25) is 0 Å². The molecular formula is C11H14N4O2S. The van der Waals surface area contributed by atoms with Crippen molar-refractivity contribution in [1.29, 1.82) is 0 Å². The van der Waals surface area contributed by atoms with Gasteiger partial charge in [-0.2, -0.15) is 0 Å². The Morgan fingerprint density at radius 2 is 2.11 bits per heavy atom. The van der Waals surface area contributed by atoms with Gasteiger partial charge in [-0.15, -0.1) is 0 Å². The largest absolute Gasteiger partial charge is 0.396 e. The predicted molar refractivity (Wildman–Crippen MR) is 68.7 cm³/mol.